The maximum atomic E-state index is 12.3. The Balaban J connectivity index is 1.99. The minimum absolute atomic E-state index is 0.0757. The van der Waals surface area contributed by atoms with Gasteiger partial charge in [0.15, 0.2) is 0 Å². The molecule has 2 aromatic heterocycles. The highest BCUT2D eigenvalue weighted by molar-refractivity contribution is 5.95. The molecule has 120 valence electrons. The average Bonchev–Trinajstić information content (AvgIpc) is 3.00. The molecule has 0 aliphatic heterocycles. The van der Waals surface area contributed by atoms with E-state index in [0.717, 1.165) is 30.0 Å². The van der Waals surface area contributed by atoms with Crippen LogP contribution in [0.5, 0.6) is 0 Å². The first-order valence-corrected chi connectivity index (χ1v) is 7.77. The topological polar surface area (TPSA) is 64.7 Å². The first kappa shape index (κ1) is 16.3. The molecule has 6 nitrogen and oxygen atoms in total. The molecule has 0 aliphatic rings. The van der Waals surface area contributed by atoms with Crippen LogP contribution < -0.4 is 5.32 Å². The number of amides is 1. The Labute approximate surface area is 131 Å². The van der Waals surface area contributed by atoms with E-state index in [1.807, 2.05) is 43.1 Å². The minimum atomic E-state index is -0.0757. The van der Waals surface area contributed by atoms with Gasteiger partial charge in [0, 0.05) is 24.5 Å². The number of aryl methyl sites for hydroxylation is 3. The maximum absolute atomic E-state index is 12.3. The van der Waals surface area contributed by atoms with Gasteiger partial charge in [0.25, 0.3) is 5.91 Å². The van der Waals surface area contributed by atoms with Gasteiger partial charge in [-0.05, 0) is 40.2 Å². The Morgan fingerprint density at radius 3 is 2.68 bits per heavy atom. The van der Waals surface area contributed by atoms with E-state index in [1.54, 1.807) is 6.20 Å². The van der Waals surface area contributed by atoms with Crippen molar-refractivity contribution < 1.29 is 4.79 Å². The number of nitrogens with zero attached hydrogens (tertiary/aromatic N) is 4. The number of hydrogen-bond donors (Lipinski definition) is 1. The smallest absolute Gasteiger partial charge is 0.254 e. The Morgan fingerprint density at radius 2 is 2.09 bits per heavy atom. The summed E-state index contributed by atoms with van der Waals surface area (Å²) in [5, 5.41) is 11.7. The Hall–Kier alpha value is -2.11. The minimum Gasteiger partial charge on any atom is -0.350 e. The standard InChI is InChI=1S/C16H25N5O/c1-6-7-20-14(5)15(10-18-20)16(22)17-9-13(4)21-12(3)8-11(2)19-21/h8,10,13H,6-7,9H2,1-5H3,(H,17,22)/t13-/m1/s1. The van der Waals surface area contributed by atoms with Crippen LogP contribution in [0.3, 0.4) is 0 Å². The highest BCUT2D eigenvalue weighted by atomic mass is 16.1. The fourth-order valence-corrected chi connectivity index (χ4v) is 2.62. The lowest BCUT2D eigenvalue weighted by Gasteiger charge is -2.15. The molecule has 2 heterocycles. The number of rotatable bonds is 6. The molecular weight excluding hydrogens is 278 g/mol. The van der Waals surface area contributed by atoms with Gasteiger partial charge in [0.2, 0.25) is 0 Å². The molecule has 2 aromatic rings. The van der Waals surface area contributed by atoms with Gasteiger partial charge < -0.3 is 5.32 Å². The molecule has 1 amide bonds. The summed E-state index contributed by atoms with van der Waals surface area (Å²) in [5.74, 6) is -0.0757. The van der Waals surface area contributed by atoms with Crippen LogP contribution in [0.1, 0.15) is 53.7 Å². The van der Waals surface area contributed by atoms with E-state index in [1.165, 1.54) is 0 Å². The van der Waals surface area contributed by atoms with Crippen LogP contribution in [0.15, 0.2) is 12.3 Å². The molecule has 1 atom stereocenters. The van der Waals surface area contributed by atoms with Gasteiger partial charge in [-0.15, -0.1) is 0 Å². The monoisotopic (exact) mass is 303 g/mol. The predicted octanol–water partition coefficient (Wildman–Crippen LogP) is 2.41. The van der Waals surface area contributed by atoms with Crippen LogP contribution in [0.2, 0.25) is 0 Å². The van der Waals surface area contributed by atoms with E-state index in [0.29, 0.717) is 12.1 Å². The van der Waals surface area contributed by atoms with Gasteiger partial charge in [0.05, 0.1) is 23.5 Å². The maximum Gasteiger partial charge on any atom is 0.254 e. The summed E-state index contributed by atoms with van der Waals surface area (Å²) in [4.78, 5) is 12.3. The van der Waals surface area contributed by atoms with Crippen LogP contribution in [0.25, 0.3) is 0 Å². The SMILES string of the molecule is CCCn1ncc(C(=O)NC[C@@H](C)n2nc(C)cc2C)c1C. The number of aromatic nitrogens is 4. The van der Waals surface area contributed by atoms with Crippen molar-refractivity contribution in [3.05, 3.63) is 34.9 Å². The van der Waals surface area contributed by atoms with Gasteiger partial charge in [-0.25, -0.2) is 0 Å². The zero-order valence-corrected chi connectivity index (χ0v) is 14.1. The fraction of sp³-hybridized carbons (Fsp3) is 0.562. The second-order valence-corrected chi connectivity index (χ2v) is 5.80. The lowest BCUT2D eigenvalue weighted by Crippen LogP contribution is -2.30. The molecule has 0 radical (unpaired) electrons. The van der Waals surface area contributed by atoms with Crippen LogP contribution in [-0.4, -0.2) is 32.0 Å². The van der Waals surface area contributed by atoms with E-state index in [2.05, 4.69) is 22.4 Å². The van der Waals surface area contributed by atoms with Crippen molar-refractivity contribution >= 4 is 5.91 Å². The predicted molar refractivity (Wildman–Crippen MR) is 86.0 cm³/mol. The largest absolute Gasteiger partial charge is 0.350 e. The van der Waals surface area contributed by atoms with Crippen molar-refractivity contribution in [3.63, 3.8) is 0 Å². The molecule has 0 aliphatic carbocycles. The summed E-state index contributed by atoms with van der Waals surface area (Å²) in [6.45, 7) is 11.4. The molecule has 0 fully saturated rings. The summed E-state index contributed by atoms with van der Waals surface area (Å²) in [7, 11) is 0. The van der Waals surface area contributed by atoms with Crippen molar-refractivity contribution in [1.82, 2.24) is 24.9 Å². The highest BCUT2D eigenvalue weighted by Gasteiger charge is 2.16. The van der Waals surface area contributed by atoms with Crippen LogP contribution in [0, 0.1) is 20.8 Å². The zero-order valence-electron chi connectivity index (χ0n) is 14.1. The van der Waals surface area contributed by atoms with Crippen LogP contribution in [-0.2, 0) is 6.54 Å². The van der Waals surface area contributed by atoms with Crippen molar-refractivity contribution in [1.29, 1.82) is 0 Å². The molecule has 0 aromatic carbocycles. The lowest BCUT2D eigenvalue weighted by molar-refractivity contribution is 0.0947. The van der Waals surface area contributed by atoms with Crippen molar-refractivity contribution in [2.45, 2.75) is 53.6 Å². The van der Waals surface area contributed by atoms with E-state index < -0.39 is 0 Å². The Bertz CT molecular complexity index is 656. The average molecular weight is 303 g/mol. The number of nitrogens with one attached hydrogen (secondary N) is 1. The third-order valence-electron chi connectivity index (χ3n) is 3.80. The summed E-state index contributed by atoms with van der Waals surface area (Å²) < 4.78 is 3.82. The quantitative estimate of drug-likeness (QED) is 0.891. The number of hydrogen-bond acceptors (Lipinski definition) is 3. The van der Waals surface area contributed by atoms with E-state index in [9.17, 15) is 4.79 Å². The van der Waals surface area contributed by atoms with Gasteiger partial charge in [0.1, 0.15) is 0 Å². The molecular formula is C16H25N5O. The molecule has 6 heteroatoms. The normalized spacial score (nSPS) is 12.4. The lowest BCUT2D eigenvalue weighted by atomic mass is 10.2. The first-order chi connectivity index (χ1) is 10.4. The molecule has 0 unspecified atom stereocenters. The van der Waals surface area contributed by atoms with Gasteiger partial charge >= 0.3 is 0 Å². The van der Waals surface area contributed by atoms with Gasteiger partial charge in [-0.3, -0.25) is 14.2 Å². The molecule has 2 rings (SSSR count). The Morgan fingerprint density at radius 1 is 1.36 bits per heavy atom. The van der Waals surface area contributed by atoms with Crippen LogP contribution >= 0.6 is 0 Å². The highest BCUT2D eigenvalue weighted by Crippen LogP contribution is 2.11. The van der Waals surface area contributed by atoms with E-state index in [-0.39, 0.29) is 11.9 Å². The Kier molecular flexibility index (Phi) is 5.00. The third-order valence-corrected chi connectivity index (χ3v) is 3.80. The molecule has 1 N–H and O–H groups in total. The third kappa shape index (κ3) is 3.37. The summed E-state index contributed by atoms with van der Waals surface area (Å²) in [6, 6.07) is 2.15. The molecule has 0 saturated heterocycles. The number of carbonyl (C=O) groups excluding carboxylic acids is 1. The summed E-state index contributed by atoms with van der Waals surface area (Å²) >= 11 is 0. The van der Waals surface area contributed by atoms with Gasteiger partial charge in [-0.2, -0.15) is 10.2 Å². The van der Waals surface area contributed by atoms with Crippen LogP contribution in [0.4, 0.5) is 0 Å². The van der Waals surface area contributed by atoms with Crippen molar-refractivity contribution in [3.8, 4) is 0 Å². The van der Waals surface area contributed by atoms with Gasteiger partial charge in [-0.1, -0.05) is 6.92 Å². The molecule has 0 bridgehead atoms. The number of carbonyl (C=O) groups is 1. The molecule has 22 heavy (non-hydrogen) atoms. The zero-order chi connectivity index (χ0) is 16.3. The van der Waals surface area contributed by atoms with Crippen molar-refractivity contribution in [2.75, 3.05) is 6.54 Å². The summed E-state index contributed by atoms with van der Waals surface area (Å²) in [5.41, 5.74) is 3.66. The second-order valence-electron chi connectivity index (χ2n) is 5.80. The van der Waals surface area contributed by atoms with E-state index >= 15 is 0 Å². The molecule has 0 spiro atoms. The fourth-order valence-electron chi connectivity index (χ4n) is 2.62. The summed E-state index contributed by atoms with van der Waals surface area (Å²) in [6.07, 6.45) is 2.65. The second kappa shape index (κ2) is 6.77. The first-order valence-electron chi connectivity index (χ1n) is 7.77. The molecule has 0 saturated carbocycles. The van der Waals surface area contributed by atoms with E-state index in [4.69, 9.17) is 0 Å². The van der Waals surface area contributed by atoms with Crippen molar-refractivity contribution in [2.24, 2.45) is 0 Å².